The first-order chi connectivity index (χ1) is 15.0. The predicted molar refractivity (Wildman–Crippen MR) is 111 cm³/mol. The molecule has 0 spiro atoms. The van der Waals surface area contributed by atoms with E-state index >= 15 is 0 Å². The van der Waals surface area contributed by atoms with Crippen LogP contribution in [0.2, 0.25) is 0 Å². The van der Waals surface area contributed by atoms with Gasteiger partial charge in [-0.25, -0.2) is 9.18 Å². The summed E-state index contributed by atoms with van der Waals surface area (Å²) in [4.78, 5) is 40.2. The molecule has 0 saturated carbocycles. The predicted octanol–water partition coefficient (Wildman–Crippen LogP) is 3.28. The van der Waals surface area contributed by atoms with Gasteiger partial charge in [0.1, 0.15) is 11.6 Å². The second-order valence-electron chi connectivity index (χ2n) is 7.14. The molecule has 0 aliphatic carbocycles. The molecule has 8 heteroatoms. The van der Waals surface area contributed by atoms with Crippen molar-refractivity contribution >= 4 is 18.0 Å². The minimum absolute atomic E-state index is 0.0830. The third kappa shape index (κ3) is 6.28. The molecule has 7 nitrogen and oxygen atoms in total. The van der Waals surface area contributed by atoms with Crippen molar-refractivity contribution in [2.45, 2.75) is 19.8 Å². The number of ether oxygens (including phenoxy) is 2. The minimum Gasteiger partial charge on any atom is -0.434 e. The molecule has 1 aliphatic rings. The Balaban J connectivity index is 1.55. The summed E-state index contributed by atoms with van der Waals surface area (Å²) in [5, 5.41) is 0. The number of amides is 2. The summed E-state index contributed by atoms with van der Waals surface area (Å²) in [6.07, 6.45) is -0.00436. The Morgan fingerprint density at radius 2 is 1.68 bits per heavy atom. The summed E-state index contributed by atoms with van der Waals surface area (Å²) in [7, 11) is 0. The van der Waals surface area contributed by atoms with E-state index in [9.17, 15) is 18.8 Å². The highest BCUT2D eigenvalue weighted by Crippen LogP contribution is 2.16. The van der Waals surface area contributed by atoms with E-state index in [0.717, 1.165) is 0 Å². The Hall–Kier alpha value is -3.42. The van der Waals surface area contributed by atoms with Gasteiger partial charge in [-0.05, 0) is 55.3 Å². The van der Waals surface area contributed by atoms with Gasteiger partial charge in [0.15, 0.2) is 0 Å². The Kier molecular flexibility index (Phi) is 7.59. The number of hydrogen-bond donors (Lipinski definition) is 0. The van der Waals surface area contributed by atoms with Crippen LogP contribution in [0, 0.1) is 5.82 Å². The smallest absolute Gasteiger partial charge is 0.434 e. The van der Waals surface area contributed by atoms with Crippen molar-refractivity contribution in [2.75, 3.05) is 32.8 Å². The van der Waals surface area contributed by atoms with Crippen molar-refractivity contribution in [3.63, 3.8) is 0 Å². The first-order valence-electron chi connectivity index (χ1n) is 10.2. The van der Waals surface area contributed by atoms with Gasteiger partial charge in [0.25, 0.3) is 5.91 Å². The molecule has 0 atom stereocenters. The fourth-order valence-corrected chi connectivity index (χ4v) is 3.39. The molecule has 0 radical (unpaired) electrons. The number of benzene rings is 2. The zero-order valence-electron chi connectivity index (χ0n) is 17.4. The van der Waals surface area contributed by atoms with E-state index in [2.05, 4.69) is 0 Å². The number of hydrogen-bond acceptors (Lipinski definition) is 5. The summed E-state index contributed by atoms with van der Waals surface area (Å²) in [5.74, 6) is -0.306. The highest BCUT2D eigenvalue weighted by atomic mass is 19.1. The maximum absolute atomic E-state index is 13.3. The fourth-order valence-electron chi connectivity index (χ4n) is 3.39. The number of carbonyl (C=O) groups is 3. The molecule has 164 valence electrons. The van der Waals surface area contributed by atoms with Gasteiger partial charge in [0.2, 0.25) is 5.91 Å². The number of carbonyl (C=O) groups excluding carboxylic acids is 3. The average molecular weight is 428 g/mol. The molecule has 0 N–H and O–H groups in total. The average Bonchev–Trinajstić information content (AvgIpc) is 3.00. The topological polar surface area (TPSA) is 76.2 Å². The van der Waals surface area contributed by atoms with E-state index in [1.165, 1.54) is 24.3 Å². The van der Waals surface area contributed by atoms with E-state index in [1.807, 2.05) is 0 Å². The molecule has 31 heavy (non-hydrogen) atoms. The second-order valence-corrected chi connectivity index (χ2v) is 7.14. The zero-order chi connectivity index (χ0) is 22.2. The summed E-state index contributed by atoms with van der Waals surface area (Å²) in [5.41, 5.74) is 1.10. The van der Waals surface area contributed by atoms with Gasteiger partial charge < -0.3 is 19.3 Å². The van der Waals surface area contributed by atoms with Gasteiger partial charge in [-0.2, -0.15) is 0 Å². The first kappa shape index (κ1) is 22.3. The number of rotatable bonds is 5. The molecular weight excluding hydrogens is 403 g/mol. The quantitative estimate of drug-likeness (QED) is 0.540. The van der Waals surface area contributed by atoms with Crippen LogP contribution in [0.4, 0.5) is 9.18 Å². The number of halogens is 1. The third-order valence-electron chi connectivity index (χ3n) is 4.94. The lowest BCUT2D eigenvalue weighted by Gasteiger charge is -2.22. The normalized spacial score (nSPS) is 14.0. The maximum Gasteiger partial charge on any atom is 0.513 e. The minimum atomic E-state index is -0.794. The molecule has 1 heterocycles. The summed E-state index contributed by atoms with van der Waals surface area (Å²) in [6, 6.07) is 12.3. The molecule has 2 aromatic carbocycles. The van der Waals surface area contributed by atoms with Gasteiger partial charge in [0, 0.05) is 31.7 Å². The van der Waals surface area contributed by atoms with Crippen LogP contribution in [0.15, 0.2) is 48.5 Å². The standard InChI is InChI=1S/C23H25FN2O5/c1-2-30-23(29)31-20-9-7-18(8-10-20)22(28)26-12-4-11-25(13-14-26)21(27)16-17-5-3-6-19(24)15-17/h3,5-10,15H,2,4,11-14,16H2,1H3. The van der Waals surface area contributed by atoms with Crippen molar-refractivity contribution in [3.05, 3.63) is 65.5 Å². The van der Waals surface area contributed by atoms with Gasteiger partial charge in [-0.1, -0.05) is 12.1 Å². The van der Waals surface area contributed by atoms with Crippen LogP contribution in [0.3, 0.4) is 0 Å². The van der Waals surface area contributed by atoms with Crippen LogP contribution in [0.1, 0.15) is 29.3 Å². The molecule has 1 aliphatic heterocycles. The van der Waals surface area contributed by atoms with Crippen LogP contribution in [0.5, 0.6) is 5.75 Å². The second kappa shape index (κ2) is 10.6. The maximum atomic E-state index is 13.3. The van der Waals surface area contributed by atoms with E-state index in [1.54, 1.807) is 41.0 Å². The van der Waals surface area contributed by atoms with Crippen molar-refractivity contribution in [1.82, 2.24) is 9.80 Å². The molecule has 3 rings (SSSR count). The molecule has 2 aromatic rings. The van der Waals surface area contributed by atoms with Crippen LogP contribution in [0.25, 0.3) is 0 Å². The van der Waals surface area contributed by atoms with E-state index in [-0.39, 0.29) is 30.7 Å². The molecule has 1 saturated heterocycles. The Labute approximate surface area is 180 Å². The fraction of sp³-hybridized carbons (Fsp3) is 0.348. The summed E-state index contributed by atoms with van der Waals surface area (Å²) >= 11 is 0. The Morgan fingerprint density at radius 3 is 2.39 bits per heavy atom. The molecular formula is C23H25FN2O5. The lowest BCUT2D eigenvalue weighted by Crippen LogP contribution is -2.38. The summed E-state index contributed by atoms with van der Waals surface area (Å²) < 4.78 is 23.1. The monoisotopic (exact) mass is 428 g/mol. The van der Waals surface area contributed by atoms with E-state index in [0.29, 0.717) is 49.5 Å². The Morgan fingerprint density at radius 1 is 0.968 bits per heavy atom. The molecule has 1 fully saturated rings. The highest BCUT2D eigenvalue weighted by molar-refractivity contribution is 5.94. The highest BCUT2D eigenvalue weighted by Gasteiger charge is 2.23. The van der Waals surface area contributed by atoms with Crippen molar-refractivity contribution in [1.29, 1.82) is 0 Å². The Bertz CT molecular complexity index is 932. The van der Waals surface area contributed by atoms with Crippen LogP contribution in [-0.2, 0) is 16.0 Å². The van der Waals surface area contributed by atoms with Crippen molar-refractivity contribution in [3.8, 4) is 5.75 Å². The zero-order valence-corrected chi connectivity index (χ0v) is 17.4. The molecule has 0 aromatic heterocycles. The van der Waals surface area contributed by atoms with Gasteiger partial charge in [-0.15, -0.1) is 0 Å². The van der Waals surface area contributed by atoms with Crippen LogP contribution >= 0.6 is 0 Å². The van der Waals surface area contributed by atoms with Gasteiger partial charge in [0.05, 0.1) is 13.0 Å². The first-order valence-corrected chi connectivity index (χ1v) is 10.2. The van der Waals surface area contributed by atoms with Gasteiger partial charge in [-0.3, -0.25) is 9.59 Å². The molecule has 2 amide bonds. The van der Waals surface area contributed by atoms with E-state index in [4.69, 9.17) is 9.47 Å². The number of nitrogens with zero attached hydrogens (tertiary/aromatic N) is 2. The lowest BCUT2D eigenvalue weighted by atomic mass is 10.1. The van der Waals surface area contributed by atoms with Crippen LogP contribution in [-0.4, -0.2) is 60.6 Å². The third-order valence-corrected chi connectivity index (χ3v) is 4.94. The van der Waals surface area contributed by atoms with E-state index < -0.39 is 6.16 Å². The van der Waals surface area contributed by atoms with Crippen molar-refractivity contribution in [2.24, 2.45) is 0 Å². The molecule has 0 bridgehead atoms. The van der Waals surface area contributed by atoms with Gasteiger partial charge >= 0.3 is 6.16 Å². The van der Waals surface area contributed by atoms with Crippen molar-refractivity contribution < 1.29 is 28.2 Å². The SMILES string of the molecule is CCOC(=O)Oc1ccc(C(=O)N2CCCN(C(=O)Cc3cccc(F)c3)CC2)cc1. The largest absolute Gasteiger partial charge is 0.513 e. The van der Waals surface area contributed by atoms with Crippen LogP contribution < -0.4 is 4.74 Å². The lowest BCUT2D eigenvalue weighted by molar-refractivity contribution is -0.130. The molecule has 0 unspecified atom stereocenters. The summed E-state index contributed by atoms with van der Waals surface area (Å²) in [6.45, 7) is 3.80.